The van der Waals surface area contributed by atoms with Gasteiger partial charge in [-0.1, -0.05) is 47.5 Å². The third-order valence-corrected chi connectivity index (χ3v) is 3.77. The molecule has 109 valence electrons. The second-order valence-corrected chi connectivity index (χ2v) is 5.72. The third kappa shape index (κ3) is 2.75. The Bertz CT molecular complexity index is 771. The highest BCUT2D eigenvalue weighted by molar-refractivity contribution is 5.65. The molecule has 0 spiro atoms. The minimum Gasteiger partial charge on any atom is -0.208 e. The summed E-state index contributed by atoms with van der Waals surface area (Å²) in [6.07, 6.45) is 2.75. The first-order valence-electron chi connectivity index (χ1n) is 7.32. The Morgan fingerprint density at radius 2 is 1.14 bits per heavy atom. The van der Waals surface area contributed by atoms with Gasteiger partial charge in [-0.3, -0.25) is 0 Å². The molecule has 0 bridgehead atoms. The van der Waals surface area contributed by atoms with Crippen molar-refractivity contribution in [2.24, 2.45) is 0 Å². The monoisotopic (exact) mass is 288 g/mol. The van der Waals surface area contributed by atoms with Gasteiger partial charge < -0.3 is 0 Å². The van der Waals surface area contributed by atoms with Crippen LogP contribution in [-0.2, 0) is 0 Å². The summed E-state index contributed by atoms with van der Waals surface area (Å²) >= 11 is 0. The first kappa shape index (κ1) is 14.4. The van der Waals surface area contributed by atoms with Gasteiger partial charge in [-0.2, -0.15) is 0 Å². The molecule has 0 fully saturated rings. The van der Waals surface area contributed by atoms with Crippen LogP contribution in [0.2, 0.25) is 0 Å². The van der Waals surface area contributed by atoms with Gasteiger partial charge in [-0.05, 0) is 38.8 Å². The Morgan fingerprint density at radius 1 is 0.682 bits per heavy atom. The molecule has 0 saturated heterocycles. The molecule has 0 aliphatic rings. The number of rotatable bonds is 2. The lowest BCUT2D eigenvalue weighted by molar-refractivity contribution is 1.05. The Labute approximate surface area is 131 Å². The van der Waals surface area contributed by atoms with E-state index in [2.05, 4.69) is 85.4 Å². The Balaban J connectivity index is 2.10. The smallest absolute Gasteiger partial charge is 0.202 e. The zero-order chi connectivity index (χ0) is 15.7. The lowest BCUT2D eigenvalue weighted by Gasteiger charge is -2.08. The maximum absolute atomic E-state index is 4.64. The van der Waals surface area contributed by atoms with Crippen molar-refractivity contribution in [1.29, 1.82) is 0 Å². The van der Waals surface area contributed by atoms with Gasteiger partial charge in [0.05, 0.1) is 0 Å². The van der Waals surface area contributed by atoms with Gasteiger partial charge in [0.2, 0.25) is 6.33 Å². The van der Waals surface area contributed by atoms with Crippen LogP contribution < -0.4 is 0 Å². The molecular weight excluding hydrogens is 270 g/mol. The molecule has 3 rings (SSSR count). The molecule has 3 heteroatoms. The predicted octanol–water partition coefficient (Wildman–Crippen LogP) is 4.24. The van der Waals surface area contributed by atoms with Crippen molar-refractivity contribution in [3.63, 3.8) is 0 Å². The average molecular weight is 288 g/mol. The largest absolute Gasteiger partial charge is 0.208 e. The molecular formula is C19H18N3. The molecule has 22 heavy (non-hydrogen) atoms. The van der Waals surface area contributed by atoms with Crippen LogP contribution in [0.3, 0.4) is 0 Å². The number of nitrogens with zero attached hydrogens (tertiary/aromatic N) is 3. The van der Waals surface area contributed by atoms with Gasteiger partial charge in [-0.25, -0.2) is 15.0 Å². The quantitative estimate of drug-likeness (QED) is 0.708. The molecule has 0 saturated carbocycles. The molecule has 2 aromatic carbocycles. The van der Waals surface area contributed by atoms with E-state index in [9.17, 15) is 0 Å². The number of aryl methyl sites for hydroxylation is 4. The lowest BCUT2D eigenvalue weighted by atomic mass is 10.0. The standard InChI is InChI=1S/C19H18N3/c1-12-5-7-16(14(3)9-12)18-20-11-21-19(22-18)17-8-6-13(2)10-15(17)4/h5-10H,1-4H3. The van der Waals surface area contributed by atoms with E-state index in [0.29, 0.717) is 11.6 Å². The fourth-order valence-corrected chi connectivity index (χ4v) is 2.64. The topological polar surface area (TPSA) is 38.7 Å². The minimum absolute atomic E-state index is 0.669. The van der Waals surface area contributed by atoms with E-state index >= 15 is 0 Å². The predicted molar refractivity (Wildman–Crippen MR) is 88.5 cm³/mol. The zero-order valence-corrected chi connectivity index (χ0v) is 13.3. The van der Waals surface area contributed by atoms with E-state index in [0.717, 1.165) is 22.3 Å². The van der Waals surface area contributed by atoms with Crippen LogP contribution in [0.15, 0.2) is 36.4 Å². The van der Waals surface area contributed by atoms with Crippen LogP contribution in [0, 0.1) is 34.0 Å². The zero-order valence-electron chi connectivity index (χ0n) is 13.3. The minimum atomic E-state index is 0.669. The van der Waals surface area contributed by atoms with Crippen molar-refractivity contribution in [3.8, 4) is 22.8 Å². The number of benzene rings is 2. The van der Waals surface area contributed by atoms with Crippen LogP contribution >= 0.6 is 0 Å². The van der Waals surface area contributed by atoms with Gasteiger partial charge in [0.15, 0.2) is 11.6 Å². The van der Waals surface area contributed by atoms with E-state index in [4.69, 9.17) is 0 Å². The fraction of sp³-hybridized carbons (Fsp3) is 0.211. The normalized spacial score (nSPS) is 10.7. The fourth-order valence-electron chi connectivity index (χ4n) is 2.64. The maximum Gasteiger partial charge on any atom is 0.202 e. The summed E-state index contributed by atoms with van der Waals surface area (Å²) in [5, 5.41) is 0. The maximum atomic E-state index is 4.64. The van der Waals surface area contributed by atoms with Crippen molar-refractivity contribution < 1.29 is 0 Å². The van der Waals surface area contributed by atoms with Crippen molar-refractivity contribution in [3.05, 3.63) is 65.0 Å². The molecule has 3 aromatic rings. The van der Waals surface area contributed by atoms with Gasteiger partial charge in [0, 0.05) is 11.1 Å². The molecule has 0 aliphatic carbocycles. The summed E-state index contributed by atoms with van der Waals surface area (Å²) in [4.78, 5) is 13.1. The summed E-state index contributed by atoms with van der Waals surface area (Å²) < 4.78 is 0. The first-order valence-corrected chi connectivity index (χ1v) is 7.32. The van der Waals surface area contributed by atoms with Gasteiger partial charge >= 0.3 is 0 Å². The van der Waals surface area contributed by atoms with E-state index in [1.54, 1.807) is 0 Å². The molecule has 0 N–H and O–H groups in total. The highest BCUT2D eigenvalue weighted by Crippen LogP contribution is 2.24. The summed E-state index contributed by atoms with van der Waals surface area (Å²) in [6, 6.07) is 12.5. The van der Waals surface area contributed by atoms with Gasteiger partial charge in [0.25, 0.3) is 0 Å². The van der Waals surface area contributed by atoms with Crippen molar-refractivity contribution >= 4 is 0 Å². The summed E-state index contributed by atoms with van der Waals surface area (Å²) in [6.45, 7) is 8.31. The van der Waals surface area contributed by atoms with E-state index in [1.807, 2.05) is 0 Å². The molecule has 3 nitrogen and oxygen atoms in total. The van der Waals surface area contributed by atoms with Crippen molar-refractivity contribution in [2.45, 2.75) is 27.7 Å². The highest BCUT2D eigenvalue weighted by atomic mass is 15.0. The SMILES string of the molecule is Cc1ccc(-c2n[c]nc(-c3ccc(C)cc3C)n2)c(C)c1. The Hall–Kier alpha value is -2.55. The summed E-state index contributed by atoms with van der Waals surface area (Å²) in [5.74, 6) is 1.34. The Kier molecular flexibility index (Phi) is 3.72. The first-order chi connectivity index (χ1) is 10.5. The van der Waals surface area contributed by atoms with E-state index in [-0.39, 0.29) is 0 Å². The number of hydrogen-bond acceptors (Lipinski definition) is 3. The van der Waals surface area contributed by atoms with E-state index < -0.39 is 0 Å². The van der Waals surface area contributed by atoms with Crippen LogP contribution in [0.25, 0.3) is 22.8 Å². The molecule has 0 atom stereocenters. The Morgan fingerprint density at radius 3 is 1.55 bits per heavy atom. The van der Waals surface area contributed by atoms with Crippen molar-refractivity contribution in [2.75, 3.05) is 0 Å². The molecule has 1 heterocycles. The van der Waals surface area contributed by atoms with Gasteiger partial charge in [0.1, 0.15) is 0 Å². The second kappa shape index (κ2) is 5.68. The van der Waals surface area contributed by atoms with E-state index in [1.165, 1.54) is 11.1 Å². The molecule has 1 radical (unpaired) electrons. The third-order valence-electron chi connectivity index (χ3n) is 3.77. The molecule has 0 unspecified atom stereocenters. The molecule has 1 aromatic heterocycles. The number of aromatic nitrogens is 3. The van der Waals surface area contributed by atoms with Crippen LogP contribution in [0.1, 0.15) is 22.3 Å². The van der Waals surface area contributed by atoms with Crippen LogP contribution in [-0.4, -0.2) is 15.0 Å². The van der Waals surface area contributed by atoms with Gasteiger partial charge in [-0.15, -0.1) is 0 Å². The molecule has 0 aliphatic heterocycles. The second-order valence-electron chi connectivity index (χ2n) is 5.72. The lowest BCUT2D eigenvalue weighted by Crippen LogP contribution is -1.98. The number of hydrogen-bond donors (Lipinski definition) is 0. The highest BCUT2D eigenvalue weighted by Gasteiger charge is 2.10. The average Bonchev–Trinajstić information content (AvgIpc) is 2.47. The molecule has 0 amide bonds. The van der Waals surface area contributed by atoms with Crippen LogP contribution in [0.5, 0.6) is 0 Å². The summed E-state index contributed by atoms with van der Waals surface area (Å²) in [5.41, 5.74) is 6.82. The summed E-state index contributed by atoms with van der Waals surface area (Å²) in [7, 11) is 0. The van der Waals surface area contributed by atoms with Crippen LogP contribution in [0.4, 0.5) is 0 Å². The van der Waals surface area contributed by atoms with Crippen molar-refractivity contribution in [1.82, 2.24) is 15.0 Å².